The number of hydrogen-bond donors (Lipinski definition) is 2. The molecule has 1 fully saturated rings. The van der Waals surface area contributed by atoms with Crippen LogP contribution in [-0.4, -0.2) is 31.3 Å². The van der Waals surface area contributed by atoms with Crippen LogP contribution in [0.1, 0.15) is 29.2 Å². The van der Waals surface area contributed by atoms with Crippen molar-refractivity contribution in [1.29, 1.82) is 0 Å². The number of hydrogen-bond acceptors (Lipinski definition) is 6. The van der Waals surface area contributed by atoms with E-state index in [1.54, 1.807) is 16.8 Å². The Kier molecular flexibility index (Phi) is 2.86. The van der Waals surface area contributed by atoms with Crippen LogP contribution >= 0.6 is 11.8 Å². The van der Waals surface area contributed by atoms with Crippen molar-refractivity contribution in [2.75, 3.05) is 5.73 Å². The van der Waals surface area contributed by atoms with Crippen LogP contribution in [-0.2, 0) is 0 Å². The van der Waals surface area contributed by atoms with Crippen LogP contribution < -0.4 is 5.73 Å². The van der Waals surface area contributed by atoms with Crippen molar-refractivity contribution < 1.29 is 9.90 Å². The monoisotopic (exact) mass is 277 g/mol. The van der Waals surface area contributed by atoms with Gasteiger partial charge in [-0.1, -0.05) is 0 Å². The summed E-state index contributed by atoms with van der Waals surface area (Å²) >= 11 is 1.24. The number of aromatic carboxylic acids is 1. The summed E-state index contributed by atoms with van der Waals surface area (Å²) in [7, 11) is 0. The molecule has 8 heteroatoms. The highest BCUT2D eigenvalue weighted by molar-refractivity contribution is 7.99. The van der Waals surface area contributed by atoms with Crippen molar-refractivity contribution in [2.45, 2.75) is 28.9 Å². The standard InChI is InChI=1S/C11H11N5O2S/c12-6-1-4-9(8(5-6)10(17)18)19-11-13-14-15-16(11)7-2-3-7/h1,4-5,7H,2-3,12H2,(H,17,18). The Bertz CT molecular complexity index is 638. The topological polar surface area (TPSA) is 107 Å². The zero-order chi connectivity index (χ0) is 13.4. The summed E-state index contributed by atoms with van der Waals surface area (Å²) < 4.78 is 1.74. The van der Waals surface area contributed by atoms with Crippen LogP contribution in [0.2, 0.25) is 0 Å². The highest BCUT2D eigenvalue weighted by Crippen LogP contribution is 2.38. The van der Waals surface area contributed by atoms with E-state index in [0.717, 1.165) is 12.8 Å². The molecule has 0 unspecified atom stereocenters. The number of benzene rings is 1. The van der Waals surface area contributed by atoms with Crippen LogP contribution in [0.3, 0.4) is 0 Å². The van der Waals surface area contributed by atoms with Gasteiger partial charge in [0.05, 0.1) is 11.6 Å². The van der Waals surface area contributed by atoms with Crippen molar-refractivity contribution in [2.24, 2.45) is 0 Å². The summed E-state index contributed by atoms with van der Waals surface area (Å²) in [6, 6.07) is 5.13. The third-order valence-corrected chi connectivity index (χ3v) is 3.82. The minimum absolute atomic E-state index is 0.162. The molecule has 0 atom stereocenters. The number of rotatable bonds is 4. The number of tetrazole rings is 1. The summed E-state index contributed by atoms with van der Waals surface area (Å²) in [4.78, 5) is 11.8. The molecule has 0 saturated heterocycles. The number of carbonyl (C=O) groups is 1. The molecule has 0 radical (unpaired) electrons. The first kappa shape index (κ1) is 12.0. The Morgan fingerprint density at radius 2 is 2.26 bits per heavy atom. The Hall–Kier alpha value is -2.09. The molecule has 98 valence electrons. The maximum Gasteiger partial charge on any atom is 0.336 e. The molecular weight excluding hydrogens is 266 g/mol. The second kappa shape index (κ2) is 4.54. The second-order valence-electron chi connectivity index (χ2n) is 4.30. The molecule has 3 N–H and O–H groups in total. The minimum atomic E-state index is -1.01. The van der Waals surface area contributed by atoms with E-state index in [0.29, 0.717) is 21.8 Å². The summed E-state index contributed by atoms with van der Waals surface area (Å²) in [5, 5.41) is 21.3. The lowest BCUT2D eigenvalue weighted by Crippen LogP contribution is -2.02. The van der Waals surface area contributed by atoms with Crippen molar-refractivity contribution in [3.8, 4) is 0 Å². The third-order valence-electron chi connectivity index (χ3n) is 2.79. The van der Waals surface area contributed by atoms with Crippen LogP contribution in [0.4, 0.5) is 5.69 Å². The highest BCUT2D eigenvalue weighted by Gasteiger charge is 2.28. The fourth-order valence-electron chi connectivity index (χ4n) is 1.70. The number of nitrogens with zero attached hydrogens (tertiary/aromatic N) is 4. The van der Waals surface area contributed by atoms with Gasteiger partial charge in [0.2, 0.25) is 5.16 Å². The predicted octanol–water partition coefficient (Wildman–Crippen LogP) is 1.44. The van der Waals surface area contributed by atoms with Crippen molar-refractivity contribution in [3.63, 3.8) is 0 Å². The molecule has 7 nitrogen and oxygen atoms in total. The average molecular weight is 277 g/mol. The summed E-state index contributed by atoms with van der Waals surface area (Å²) in [6.45, 7) is 0. The van der Waals surface area contributed by atoms with Crippen molar-refractivity contribution >= 4 is 23.4 Å². The van der Waals surface area contributed by atoms with Gasteiger partial charge in [-0.3, -0.25) is 0 Å². The summed E-state index contributed by atoms with van der Waals surface area (Å²) in [5.74, 6) is -1.01. The summed E-state index contributed by atoms with van der Waals surface area (Å²) in [5.41, 5.74) is 6.19. The van der Waals surface area contributed by atoms with Gasteiger partial charge in [-0.15, -0.1) is 5.10 Å². The molecule has 1 aliphatic carbocycles. The molecule has 1 aliphatic rings. The van der Waals surface area contributed by atoms with E-state index in [4.69, 9.17) is 5.73 Å². The maximum atomic E-state index is 11.2. The lowest BCUT2D eigenvalue weighted by molar-refractivity contribution is 0.0693. The zero-order valence-electron chi connectivity index (χ0n) is 9.85. The molecule has 0 spiro atoms. The number of carboxylic acids is 1. The van der Waals surface area contributed by atoms with Gasteiger partial charge < -0.3 is 10.8 Å². The van der Waals surface area contributed by atoms with Gasteiger partial charge in [-0.25, -0.2) is 9.48 Å². The van der Waals surface area contributed by atoms with E-state index in [1.165, 1.54) is 17.8 Å². The molecule has 19 heavy (non-hydrogen) atoms. The fraction of sp³-hybridized carbons (Fsp3) is 0.273. The molecule has 1 saturated carbocycles. The molecule has 0 aliphatic heterocycles. The first-order valence-electron chi connectivity index (χ1n) is 5.73. The van der Waals surface area contributed by atoms with E-state index >= 15 is 0 Å². The molecule has 0 bridgehead atoms. The minimum Gasteiger partial charge on any atom is -0.478 e. The normalized spacial score (nSPS) is 14.5. The Balaban J connectivity index is 1.94. The van der Waals surface area contributed by atoms with E-state index in [1.807, 2.05) is 0 Å². The smallest absolute Gasteiger partial charge is 0.336 e. The third kappa shape index (κ3) is 2.39. The van der Waals surface area contributed by atoms with Crippen LogP contribution in [0, 0.1) is 0 Å². The number of nitrogens with two attached hydrogens (primary N) is 1. The molecular formula is C11H11N5O2S. The van der Waals surface area contributed by atoms with Gasteiger partial charge in [-0.2, -0.15) is 0 Å². The maximum absolute atomic E-state index is 11.2. The van der Waals surface area contributed by atoms with Gasteiger partial charge in [0, 0.05) is 10.6 Å². The number of anilines is 1. The van der Waals surface area contributed by atoms with E-state index in [2.05, 4.69) is 15.5 Å². The van der Waals surface area contributed by atoms with Gasteiger partial charge in [0.25, 0.3) is 0 Å². The van der Waals surface area contributed by atoms with Crippen LogP contribution in [0.15, 0.2) is 28.3 Å². The van der Waals surface area contributed by atoms with E-state index < -0.39 is 5.97 Å². The first-order valence-corrected chi connectivity index (χ1v) is 6.55. The lowest BCUT2D eigenvalue weighted by Gasteiger charge is -2.06. The van der Waals surface area contributed by atoms with Crippen LogP contribution in [0.25, 0.3) is 0 Å². The largest absolute Gasteiger partial charge is 0.478 e. The van der Waals surface area contributed by atoms with Crippen molar-refractivity contribution in [3.05, 3.63) is 23.8 Å². The van der Waals surface area contributed by atoms with Crippen molar-refractivity contribution in [1.82, 2.24) is 20.2 Å². The lowest BCUT2D eigenvalue weighted by atomic mass is 10.2. The molecule has 2 aromatic rings. The first-order chi connectivity index (χ1) is 9.15. The number of nitrogen functional groups attached to an aromatic ring is 1. The predicted molar refractivity (Wildman–Crippen MR) is 68.0 cm³/mol. The Labute approximate surface area is 112 Å². The van der Waals surface area contributed by atoms with Gasteiger partial charge in [0.15, 0.2) is 0 Å². The Morgan fingerprint density at radius 3 is 2.95 bits per heavy atom. The summed E-state index contributed by atoms with van der Waals surface area (Å²) in [6.07, 6.45) is 2.12. The molecule has 1 heterocycles. The molecule has 1 aromatic heterocycles. The number of carboxylic acid groups (broad SMARTS) is 1. The second-order valence-corrected chi connectivity index (χ2v) is 5.31. The average Bonchev–Trinajstić information content (AvgIpc) is 3.12. The van der Waals surface area contributed by atoms with E-state index in [-0.39, 0.29) is 5.56 Å². The Morgan fingerprint density at radius 1 is 1.47 bits per heavy atom. The molecule has 0 amide bonds. The zero-order valence-corrected chi connectivity index (χ0v) is 10.7. The van der Waals surface area contributed by atoms with Crippen LogP contribution in [0.5, 0.6) is 0 Å². The SMILES string of the molecule is Nc1ccc(Sc2nnnn2C2CC2)c(C(=O)O)c1. The van der Waals surface area contributed by atoms with Gasteiger partial charge >= 0.3 is 5.97 Å². The van der Waals surface area contributed by atoms with E-state index in [9.17, 15) is 9.90 Å². The fourth-order valence-corrected chi connectivity index (χ4v) is 2.65. The van der Waals surface area contributed by atoms with Gasteiger partial charge in [-0.05, 0) is 53.2 Å². The number of aromatic nitrogens is 4. The quantitative estimate of drug-likeness (QED) is 0.814. The molecule has 3 rings (SSSR count). The highest BCUT2D eigenvalue weighted by atomic mass is 32.2. The van der Waals surface area contributed by atoms with Gasteiger partial charge in [0.1, 0.15) is 0 Å². The molecule has 1 aromatic carbocycles.